The van der Waals surface area contributed by atoms with Crippen LogP contribution in [0.15, 0.2) is 54.1 Å². The molecule has 0 bridgehead atoms. The first-order valence-electron chi connectivity index (χ1n) is 7.58. The van der Waals surface area contributed by atoms with Gasteiger partial charge in [-0.15, -0.1) is 11.3 Å². The topological polar surface area (TPSA) is 12.9 Å². The fourth-order valence-electron chi connectivity index (χ4n) is 2.34. The first-order chi connectivity index (χ1) is 10.2. The second-order valence-electron chi connectivity index (χ2n) is 5.12. The fraction of sp³-hybridized carbons (Fsp3) is 0.316. The summed E-state index contributed by atoms with van der Waals surface area (Å²) in [5.74, 6) is 0. The Morgan fingerprint density at radius 1 is 1.24 bits per heavy atom. The van der Waals surface area contributed by atoms with Crippen LogP contribution < -0.4 is 0 Å². The predicted octanol–water partition coefficient (Wildman–Crippen LogP) is 5.96. The molecule has 110 valence electrons. The molecular weight excluding hydrogens is 274 g/mol. The van der Waals surface area contributed by atoms with Crippen molar-refractivity contribution in [1.82, 2.24) is 4.98 Å². The number of aromatic nitrogens is 1. The zero-order valence-corrected chi connectivity index (χ0v) is 13.9. The quantitative estimate of drug-likeness (QED) is 0.599. The maximum Gasteiger partial charge on any atom is 0.0904 e. The highest BCUT2D eigenvalue weighted by molar-refractivity contribution is 7.15. The van der Waals surface area contributed by atoms with Gasteiger partial charge in [0.25, 0.3) is 0 Å². The first-order valence-corrected chi connectivity index (χ1v) is 8.39. The van der Waals surface area contributed by atoms with Gasteiger partial charge in [-0.05, 0) is 31.4 Å². The van der Waals surface area contributed by atoms with Crippen LogP contribution in [0.3, 0.4) is 0 Å². The summed E-state index contributed by atoms with van der Waals surface area (Å²) in [6.07, 6.45) is 9.89. The molecule has 0 fully saturated rings. The maximum absolute atomic E-state index is 4.76. The molecule has 0 spiro atoms. The van der Waals surface area contributed by atoms with Crippen molar-refractivity contribution in [2.45, 2.75) is 40.0 Å². The maximum atomic E-state index is 4.76. The van der Waals surface area contributed by atoms with Gasteiger partial charge in [-0.3, -0.25) is 0 Å². The van der Waals surface area contributed by atoms with Crippen molar-refractivity contribution in [2.75, 3.05) is 0 Å². The summed E-state index contributed by atoms with van der Waals surface area (Å²) < 4.78 is 0. The average molecular weight is 297 g/mol. The molecule has 0 aliphatic heterocycles. The largest absolute Gasteiger partial charge is 0.246 e. The van der Waals surface area contributed by atoms with Crippen LogP contribution in [0.5, 0.6) is 0 Å². The minimum atomic E-state index is 0.916. The Kier molecular flexibility index (Phi) is 5.94. The lowest BCUT2D eigenvalue weighted by Gasteiger charge is -2.04. The van der Waals surface area contributed by atoms with Crippen molar-refractivity contribution in [3.05, 3.63) is 64.8 Å². The Morgan fingerprint density at radius 3 is 2.67 bits per heavy atom. The molecule has 1 nitrogen and oxygen atoms in total. The Morgan fingerprint density at radius 2 is 2.00 bits per heavy atom. The van der Waals surface area contributed by atoms with Crippen LogP contribution in [0.25, 0.3) is 10.4 Å². The molecule has 0 aliphatic carbocycles. The highest BCUT2D eigenvalue weighted by atomic mass is 32.1. The standard InChI is InChI=1S/C19H23NS/c1-4-6-11-16(10-5-2)14-18-19(21-15(3)20-18)17-12-8-7-9-13-17/h5,7-13H,4,6,14H2,1-3H3/b10-5-,16-11+. The number of aryl methyl sites for hydroxylation is 1. The van der Waals surface area contributed by atoms with Crippen LogP contribution in [0, 0.1) is 6.92 Å². The molecule has 0 amide bonds. The molecule has 0 aliphatic rings. The summed E-state index contributed by atoms with van der Waals surface area (Å²) in [6.45, 7) is 6.38. The van der Waals surface area contributed by atoms with E-state index >= 15 is 0 Å². The van der Waals surface area contributed by atoms with Crippen LogP contribution in [-0.2, 0) is 6.42 Å². The van der Waals surface area contributed by atoms with E-state index in [1.54, 1.807) is 11.3 Å². The third-order valence-corrected chi connectivity index (χ3v) is 4.35. The van der Waals surface area contributed by atoms with Crippen molar-refractivity contribution < 1.29 is 0 Å². The Labute approximate surface area is 132 Å². The number of benzene rings is 1. The molecule has 0 saturated carbocycles. The molecule has 1 heterocycles. The molecule has 0 atom stereocenters. The van der Waals surface area contributed by atoms with E-state index in [9.17, 15) is 0 Å². The van der Waals surface area contributed by atoms with Gasteiger partial charge in [0.1, 0.15) is 0 Å². The summed E-state index contributed by atoms with van der Waals surface area (Å²) in [4.78, 5) is 6.07. The number of unbranched alkanes of at least 4 members (excludes halogenated alkanes) is 1. The second-order valence-corrected chi connectivity index (χ2v) is 6.32. The Balaban J connectivity index is 2.32. The summed E-state index contributed by atoms with van der Waals surface area (Å²) in [6, 6.07) is 10.6. The van der Waals surface area contributed by atoms with E-state index in [1.165, 1.54) is 28.1 Å². The van der Waals surface area contributed by atoms with Gasteiger partial charge in [-0.2, -0.15) is 0 Å². The van der Waals surface area contributed by atoms with E-state index < -0.39 is 0 Å². The molecule has 0 N–H and O–H groups in total. The highest BCUT2D eigenvalue weighted by Crippen LogP contribution is 2.31. The van der Waals surface area contributed by atoms with Gasteiger partial charge in [0, 0.05) is 6.42 Å². The summed E-state index contributed by atoms with van der Waals surface area (Å²) in [5.41, 5.74) is 3.83. The van der Waals surface area contributed by atoms with Gasteiger partial charge in [0.2, 0.25) is 0 Å². The number of rotatable bonds is 6. The number of hydrogen-bond donors (Lipinski definition) is 0. The molecule has 2 aromatic rings. The van der Waals surface area contributed by atoms with E-state index in [4.69, 9.17) is 4.98 Å². The molecule has 2 heteroatoms. The SMILES string of the molecule is C/C=C\C(=C/CCC)Cc1nc(C)sc1-c1ccccc1. The molecule has 21 heavy (non-hydrogen) atoms. The highest BCUT2D eigenvalue weighted by Gasteiger charge is 2.11. The van der Waals surface area contributed by atoms with Gasteiger partial charge >= 0.3 is 0 Å². The number of nitrogens with zero attached hydrogens (tertiary/aromatic N) is 1. The van der Waals surface area contributed by atoms with Crippen LogP contribution >= 0.6 is 11.3 Å². The zero-order valence-electron chi connectivity index (χ0n) is 13.1. The molecule has 1 aromatic heterocycles. The van der Waals surface area contributed by atoms with Crippen molar-refractivity contribution in [3.63, 3.8) is 0 Å². The summed E-state index contributed by atoms with van der Waals surface area (Å²) in [7, 11) is 0. The number of allylic oxidation sites excluding steroid dienone is 4. The number of hydrogen-bond acceptors (Lipinski definition) is 2. The summed E-state index contributed by atoms with van der Waals surface area (Å²) >= 11 is 1.79. The Bertz CT molecular complexity index is 620. The van der Waals surface area contributed by atoms with Gasteiger partial charge in [0.15, 0.2) is 0 Å². The predicted molar refractivity (Wildman–Crippen MR) is 93.8 cm³/mol. The van der Waals surface area contributed by atoms with Crippen LogP contribution in [0.1, 0.15) is 37.4 Å². The van der Waals surface area contributed by atoms with Gasteiger partial charge in [-0.25, -0.2) is 4.98 Å². The molecule has 0 unspecified atom stereocenters. The van der Waals surface area contributed by atoms with Crippen LogP contribution in [0.4, 0.5) is 0 Å². The van der Waals surface area contributed by atoms with E-state index in [-0.39, 0.29) is 0 Å². The van der Waals surface area contributed by atoms with E-state index in [0.29, 0.717) is 0 Å². The molecular formula is C19H23NS. The van der Waals surface area contributed by atoms with Crippen molar-refractivity contribution >= 4 is 11.3 Å². The second kappa shape index (κ2) is 7.94. The van der Waals surface area contributed by atoms with Crippen LogP contribution in [-0.4, -0.2) is 4.98 Å². The molecule has 2 rings (SSSR count). The fourth-order valence-corrected chi connectivity index (χ4v) is 3.28. The average Bonchev–Trinajstić information content (AvgIpc) is 2.86. The van der Waals surface area contributed by atoms with E-state index in [1.807, 2.05) is 0 Å². The molecule has 1 aromatic carbocycles. The van der Waals surface area contributed by atoms with Crippen LogP contribution in [0.2, 0.25) is 0 Å². The lowest BCUT2D eigenvalue weighted by atomic mass is 10.0. The Hall–Kier alpha value is -1.67. The third-order valence-electron chi connectivity index (χ3n) is 3.29. The lowest BCUT2D eigenvalue weighted by molar-refractivity contribution is 0.941. The number of thiazole rings is 1. The molecule has 0 radical (unpaired) electrons. The molecule has 0 saturated heterocycles. The zero-order chi connectivity index (χ0) is 15.1. The van der Waals surface area contributed by atoms with E-state index in [0.717, 1.165) is 17.8 Å². The summed E-state index contributed by atoms with van der Waals surface area (Å²) in [5, 5.41) is 1.14. The normalized spacial score (nSPS) is 12.2. The van der Waals surface area contributed by atoms with Gasteiger partial charge in [0.05, 0.1) is 15.6 Å². The van der Waals surface area contributed by atoms with Crippen molar-refractivity contribution in [1.29, 1.82) is 0 Å². The first kappa shape index (κ1) is 15.7. The lowest BCUT2D eigenvalue weighted by Crippen LogP contribution is -1.92. The monoisotopic (exact) mass is 297 g/mol. The van der Waals surface area contributed by atoms with Crippen molar-refractivity contribution in [2.24, 2.45) is 0 Å². The third kappa shape index (κ3) is 4.40. The van der Waals surface area contributed by atoms with Gasteiger partial charge < -0.3 is 0 Å². The van der Waals surface area contributed by atoms with Gasteiger partial charge in [-0.1, -0.05) is 61.9 Å². The minimum Gasteiger partial charge on any atom is -0.246 e. The van der Waals surface area contributed by atoms with Crippen molar-refractivity contribution in [3.8, 4) is 10.4 Å². The minimum absolute atomic E-state index is 0.916. The smallest absolute Gasteiger partial charge is 0.0904 e. The van der Waals surface area contributed by atoms with E-state index in [2.05, 4.69) is 69.3 Å².